The molecular weight excluding hydrogens is 334 g/mol. The van der Waals surface area contributed by atoms with Crippen molar-refractivity contribution in [3.8, 4) is 0 Å². The number of benzene rings is 1. The number of aromatic nitrogens is 2. The van der Waals surface area contributed by atoms with E-state index in [1.807, 2.05) is 29.4 Å². The molecule has 2 aromatic rings. The van der Waals surface area contributed by atoms with Crippen molar-refractivity contribution in [1.82, 2.24) is 10.2 Å². The van der Waals surface area contributed by atoms with Crippen LogP contribution in [0.5, 0.6) is 0 Å². The third-order valence-corrected chi connectivity index (χ3v) is 6.69. The quantitative estimate of drug-likeness (QED) is 0.786. The highest BCUT2D eigenvalue weighted by Crippen LogP contribution is 2.32. The Labute approximate surface area is 142 Å². The van der Waals surface area contributed by atoms with E-state index in [0.29, 0.717) is 5.75 Å². The van der Waals surface area contributed by atoms with Gasteiger partial charge in [-0.1, -0.05) is 53.1 Å². The Bertz CT molecular complexity index is 674. The summed E-state index contributed by atoms with van der Waals surface area (Å²) in [4.78, 5) is 14.6. The van der Waals surface area contributed by atoms with Crippen LogP contribution in [0.3, 0.4) is 0 Å². The molecule has 4 nitrogen and oxygen atoms in total. The summed E-state index contributed by atoms with van der Waals surface area (Å²) in [7, 11) is 0. The van der Waals surface area contributed by atoms with E-state index in [1.165, 1.54) is 17.3 Å². The van der Waals surface area contributed by atoms with Crippen molar-refractivity contribution in [2.24, 2.45) is 0 Å². The lowest BCUT2D eigenvalue weighted by atomic mass is 9.97. The van der Waals surface area contributed by atoms with Crippen molar-refractivity contribution < 1.29 is 4.79 Å². The number of hydrogen-bond acceptors (Lipinski definition) is 6. The third kappa shape index (κ3) is 3.31. The molecule has 0 fully saturated rings. The number of aryl methyl sites for hydroxylation is 1. The van der Waals surface area contributed by atoms with Crippen LogP contribution in [0.1, 0.15) is 18.9 Å². The maximum Gasteiger partial charge on any atom is 0.237 e. The maximum atomic E-state index is 12.7. The first-order valence-electron chi connectivity index (χ1n) is 7.09. The molecule has 3 rings (SSSR count). The lowest BCUT2D eigenvalue weighted by Gasteiger charge is -2.35. The summed E-state index contributed by atoms with van der Waals surface area (Å²) in [6.45, 7) is 2.12. The number of anilines is 1. The van der Waals surface area contributed by atoms with E-state index in [2.05, 4.69) is 23.2 Å². The van der Waals surface area contributed by atoms with Gasteiger partial charge < -0.3 is 4.90 Å². The lowest BCUT2D eigenvalue weighted by Crippen LogP contribution is -2.43. The van der Waals surface area contributed by atoms with E-state index in [1.54, 1.807) is 23.1 Å². The number of rotatable bonds is 4. The van der Waals surface area contributed by atoms with E-state index in [9.17, 15) is 4.79 Å². The number of carbonyl (C=O) groups is 1. The molecule has 116 valence electrons. The number of hydrogen-bond donors (Lipinski definition) is 0. The van der Waals surface area contributed by atoms with Crippen LogP contribution in [0, 0.1) is 0 Å². The fraction of sp³-hybridized carbons (Fsp3) is 0.400. The van der Waals surface area contributed by atoms with Gasteiger partial charge in [0, 0.05) is 11.7 Å². The molecule has 1 aliphatic heterocycles. The van der Waals surface area contributed by atoms with Crippen LogP contribution in [-0.4, -0.2) is 34.2 Å². The summed E-state index contributed by atoms with van der Waals surface area (Å²) >= 11 is 4.60. The molecule has 0 saturated heterocycles. The number of carbonyl (C=O) groups excluding carboxylic acids is 1. The Kier molecular flexibility index (Phi) is 5.05. The highest BCUT2D eigenvalue weighted by molar-refractivity contribution is 8.03. The molecule has 0 bridgehead atoms. The smallest absolute Gasteiger partial charge is 0.237 e. The second-order valence-corrected chi connectivity index (χ2v) is 8.36. The van der Waals surface area contributed by atoms with Gasteiger partial charge in [0.15, 0.2) is 8.68 Å². The van der Waals surface area contributed by atoms with E-state index in [-0.39, 0.29) is 11.9 Å². The third-order valence-electron chi connectivity index (χ3n) is 3.67. The van der Waals surface area contributed by atoms with Gasteiger partial charge in [0.1, 0.15) is 0 Å². The Hall–Kier alpha value is -1.05. The number of thioether (sulfide) groups is 2. The molecule has 0 saturated carbocycles. The summed E-state index contributed by atoms with van der Waals surface area (Å²) in [5.74, 6) is 0.548. The Morgan fingerprint density at radius 2 is 2.14 bits per heavy atom. The molecule has 7 heteroatoms. The maximum absolute atomic E-state index is 12.7. The van der Waals surface area contributed by atoms with Gasteiger partial charge in [-0.25, -0.2) is 0 Å². The second-order valence-electron chi connectivity index (χ2n) is 5.11. The van der Waals surface area contributed by atoms with Gasteiger partial charge in [0.25, 0.3) is 0 Å². The van der Waals surface area contributed by atoms with Crippen LogP contribution < -0.4 is 4.90 Å². The minimum Gasteiger partial charge on any atom is -0.309 e. The first kappa shape index (κ1) is 15.8. The van der Waals surface area contributed by atoms with Gasteiger partial charge in [0.05, 0.1) is 5.75 Å². The summed E-state index contributed by atoms with van der Waals surface area (Å²) in [5, 5.41) is 8.17. The predicted molar refractivity (Wildman–Crippen MR) is 94.1 cm³/mol. The van der Waals surface area contributed by atoms with Crippen molar-refractivity contribution in [3.63, 3.8) is 0 Å². The molecule has 0 aliphatic carbocycles. The summed E-state index contributed by atoms with van der Waals surface area (Å²) in [5.41, 5.74) is 2.33. The Balaban J connectivity index is 1.71. The zero-order valence-corrected chi connectivity index (χ0v) is 14.9. The van der Waals surface area contributed by atoms with Crippen molar-refractivity contribution in [3.05, 3.63) is 29.8 Å². The average Bonchev–Trinajstić information content (AvgIpc) is 3.00. The zero-order valence-electron chi connectivity index (χ0n) is 12.5. The summed E-state index contributed by atoms with van der Waals surface area (Å²) in [6.07, 6.45) is 4.04. The molecule has 1 amide bonds. The molecule has 1 atom stereocenters. The molecule has 0 N–H and O–H groups in total. The fourth-order valence-electron chi connectivity index (χ4n) is 2.60. The molecule has 0 spiro atoms. The van der Waals surface area contributed by atoms with Crippen LogP contribution >= 0.6 is 34.9 Å². The monoisotopic (exact) mass is 351 g/mol. The van der Waals surface area contributed by atoms with Crippen molar-refractivity contribution >= 4 is 46.5 Å². The molecule has 2 heterocycles. The number of fused-ring (bicyclic) bond motifs is 1. The standard InChI is InChI=1S/C15H17N3OS3/c1-10-7-8-11-5-3-4-6-12(11)18(10)13(19)9-21-15-17-16-14(20-2)22-15/h3-6,10H,7-9H2,1-2H3/t10-/m0/s1. The molecule has 1 aromatic heterocycles. The summed E-state index contributed by atoms with van der Waals surface area (Å²) < 4.78 is 1.79. The first-order valence-corrected chi connectivity index (χ1v) is 10.1. The topological polar surface area (TPSA) is 46.1 Å². The molecular formula is C15H17N3OS3. The predicted octanol–water partition coefficient (Wildman–Crippen LogP) is 3.72. The van der Waals surface area contributed by atoms with Crippen molar-refractivity contribution in [2.45, 2.75) is 34.5 Å². The minimum absolute atomic E-state index is 0.144. The van der Waals surface area contributed by atoms with Crippen molar-refractivity contribution in [2.75, 3.05) is 16.9 Å². The molecule has 0 radical (unpaired) electrons. The van der Waals surface area contributed by atoms with Crippen molar-refractivity contribution in [1.29, 1.82) is 0 Å². The fourth-order valence-corrected chi connectivity index (χ4v) is 4.90. The molecule has 22 heavy (non-hydrogen) atoms. The Morgan fingerprint density at radius 1 is 1.36 bits per heavy atom. The van der Waals surface area contributed by atoms with Gasteiger partial charge in [-0.05, 0) is 37.7 Å². The highest BCUT2D eigenvalue weighted by atomic mass is 32.2. The van der Waals surface area contributed by atoms with Crippen LogP contribution in [0.15, 0.2) is 32.9 Å². The van der Waals surface area contributed by atoms with Crippen LogP contribution in [0.2, 0.25) is 0 Å². The van der Waals surface area contributed by atoms with Crippen LogP contribution in [-0.2, 0) is 11.2 Å². The normalized spacial score (nSPS) is 17.4. The van der Waals surface area contributed by atoms with E-state index in [0.717, 1.165) is 27.2 Å². The Morgan fingerprint density at radius 3 is 2.91 bits per heavy atom. The largest absolute Gasteiger partial charge is 0.309 e. The second kappa shape index (κ2) is 7.02. The molecule has 1 aromatic carbocycles. The summed E-state index contributed by atoms with van der Waals surface area (Å²) in [6, 6.07) is 8.45. The lowest BCUT2D eigenvalue weighted by molar-refractivity contribution is -0.116. The number of para-hydroxylation sites is 1. The average molecular weight is 352 g/mol. The van der Waals surface area contributed by atoms with Gasteiger partial charge in [-0.15, -0.1) is 10.2 Å². The van der Waals surface area contributed by atoms with E-state index in [4.69, 9.17) is 0 Å². The zero-order chi connectivity index (χ0) is 15.5. The number of nitrogens with zero attached hydrogens (tertiary/aromatic N) is 3. The molecule has 0 unspecified atom stereocenters. The van der Waals surface area contributed by atoms with Gasteiger partial charge in [0.2, 0.25) is 5.91 Å². The van der Waals surface area contributed by atoms with Gasteiger partial charge in [-0.2, -0.15) is 0 Å². The van der Waals surface area contributed by atoms with Gasteiger partial charge in [-0.3, -0.25) is 4.79 Å². The molecule has 1 aliphatic rings. The SMILES string of the molecule is CSc1nnc(SCC(=O)N2c3ccccc3CC[C@@H]2C)s1. The first-order chi connectivity index (χ1) is 10.7. The van der Waals surface area contributed by atoms with Gasteiger partial charge >= 0.3 is 0 Å². The van der Waals surface area contributed by atoms with E-state index < -0.39 is 0 Å². The minimum atomic E-state index is 0.144. The van der Waals surface area contributed by atoms with E-state index >= 15 is 0 Å². The highest BCUT2D eigenvalue weighted by Gasteiger charge is 2.27. The van der Waals surface area contributed by atoms with Crippen LogP contribution in [0.4, 0.5) is 5.69 Å². The number of amides is 1. The van der Waals surface area contributed by atoms with Crippen LogP contribution in [0.25, 0.3) is 0 Å².